The Morgan fingerprint density at radius 2 is 1.54 bits per heavy atom. The Labute approximate surface area is 152 Å². The third kappa shape index (κ3) is 4.11. The molecule has 2 aromatic carbocycles. The number of carboxylic acids is 1. The first-order chi connectivity index (χ1) is 12.6. The van der Waals surface area contributed by atoms with Crippen molar-refractivity contribution in [2.24, 2.45) is 0 Å². The zero-order chi connectivity index (χ0) is 18.5. The Hall–Kier alpha value is -2.66. The van der Waals surface area contributed by atoms with E-state index in [4.69, 9.17) is 0 Å². The smallest absolute Gasteiger partial charge is 0.326 e. The maximum atomic E-state index is 13.0. The van der Waals surface area contributed by atoms with Gasteiger partial charge in [-0.25, -0.2) is 4.79 Å². The lowest BCUT2D eigenvalue weighted by atomic mass is 9.87. The number of nitrogens with zero attached hydrogens (tertiary/aromatic N) is 1. The number of carbonyl (C=O) groups excluding carboxylic acids is 1. The molecule has 1 saturated heterocycles. The van der Waals surface area contributed by atoms with E-state index in [0.717, 1.165) is 11.1 Å². The quantitative estimate of drug-likeness (QED) is 0.866. The number of piperidine rings is 1. The lowest BCUT2D eigenvalue weighted by Crippen LogP contribution is -2.51. The van der Waals surface area contributed by atoms with Gasteiger partial charge in [-0.15, -0.1) is 0 Å². The molecule has 0 spiro atoms. The minimum atomic E-state index is -1.06. The Kier molecular flexibility index (Phi) is 5.68. The molecule has 2 atom stereocenters. The van der Waals surface area contributed by atoms with Crippen LogP contribution in [0.25, 0.3) is 0 Å². The van der Waals surface area contributed by atoms with E-state index in [0.29, 0.717) is 6.42 Å². The first-order valence-electron chi connectivity index (χ1n) is 8.86. The van der Waals surface area contributed by atoms with Crippen LogP contribution in [0.1, 0.15) is 36.3 Å². The Morgan fingerprint density at radius 1 is 1.00 bits per heavy atom. The average Bonchev–Trinajstić information content (AvgIpc) is 2.67. The molecule has 2 aromatic rings. The van der Waals surface area contributed by atoms with Crippen molar-refractivity contribution in [3.63, 3.8) is 0 Å². The summed E-state index contributed by atoms with van der Waals surface area (Å²) in [4.78, 5) is 25.9. The largest absolute Gasteiger partial charge is 0.480 e. The second-order valence-corrected chi connectivity index (χ2v) is 6.70. The predicted octanol–water partition coefficient (Wildman–Crippen LogP) is 2.65. The molecule has 0 aliphatic carbocycles. The number of aliphatic hydroxyl groups is 1. The molecule has 1 heterocycles. The van der Waals surface area contributed by atoms with Gasteiger partial charge in [0.05, 0.1) is 6.10 Å². The number of hydrogen-bond acceptors (Lipinski definition) is 3. The summed E-state index contributed by atoms with van der Waals surface area (Å²) >= 11 is 0. The zero-order valence-electron chi connectivity index (χ0n) is 14.5. The Balaban J connectivity index is 1.84. The van der Waals surface area contributed by atoms with Gasteiger partial charge in [0.15, 0.2) is 0 Å². The first kappa shape index (κ1) is 18.1. The molecule has 0 radical (unpaired) electrons. The molecule has 5 nitrogen and oxygen atoms in total. The van der Waals surface area contributed by atoms with Gasteiger partial charge in [0.25, 0.3) is 0 Å². The van der Waals surface area contributed by atoms with Crippen molar-refractivity contribution in [2.75, 3.05) is 6.54 Å². The molecule has 2 N–H and O–H groups in total. The van der Waals surface area contributed by atoms with Crippen LogP contribution in [-0.4, -0.2) is 45.7 Å². The molecular weight excluding hydrogens is 330 g/mol. The number of rotatable bonds is 5. The SMILES string of the molecule is O=C(O)[C@@H]1C[C@H](O)CCN1C(=O)CC(c1ccccc1)c1ccccc1. The fourth-order valence-corrected chi connectivity index (χ4v) is 3.57. The number of likely N-dealkylation sites (tertiary alicyclic amines) is 1. The summed E-state index contributed by atoms with van der Waals surface area (Å²) in [7, 11) is 0. The van der Waals surface area contributed by atoms with Crippen molar-refractivity contribution in [1.82, 2.24) is 4.90 Å². The van der Waals surface area contributed by atoms with E-state index in [1.54, 1.807) is 0 Å². The first-order valence-corrected chi connectivity index (χ1v) is 8.86. The lowest BCUT2D eigenvalue weighted by molar-refractivity contribution is -0.154. The number of benzene rings is 2. The molecule has 0 saturated carbocycles. The highest BCUT2D eigenvalue weighted by Crippen LogP contribution is 2.30. The van der Waals surface area contributed by atoms with Gasteiger partial charge in [0.1, 0.15) is 6.04 Å². The maximum Gasteiger partial charge on any atom is 0.326 e. The van der Waals surface area contributed by atoms with Crippen molar-refractivity contribution in [2.45, 2.75) is 37.3 Å². The molecular formula is C21H23NO4. The topological polar surface area (TPSA) is 77.8 Å². The number of aliphatic hydroxyl groups excluding tert-OH is 1. The van der Waals surface area contributed by atoms with Crippen LogP contribution in [-0.2, 0) is 9.59 Å². The van der Waals surface area contributed by atoms with Gasteiger partial charge in [0.2, 0.25) is 5.91 Å². The normalized spacial score (nSPS) is 20.2. The molecule has 1 aliphatic heterocycles. The van der Waals surface area contributed by atoms with Crippen molar-refractivity contribution >= 4 is 11.9 Å². The van der Waals surface area contributed by atoms with E-state index in [-0.39, 0.29) is 31.2 Å². The standard InChI is InChI=1S/C21H23NO4/c23-17-11-12-22(19(13-17)21(25)26)20(24)14-18(15-7-3-1-4-8-15)16-9-5-2-6-10-16/h1-10,17-19,23H,11-14H2,(H,25,26)/t17-,19+/m1/s1. The van der Waals surface area contributed by atoms with E-state index in [9.17, 15) is 19.8 Å². The van der Waals surface area contributed by atoms with E-state index >= 15 is 0 Å². The summed E-state index contributed by atoms with van der Waals surface area (Å²) in [5, 5.41) is 19.2. The molecule has 0 unspecified atom stereocenters. The van der Waals surface area contributed by atoms with Crippen LogP contribution in [0.4, 0.5) is 0 Å². The van der Waals surface area contributed by atoms with E-state index in [2.05, 4.69) is 0 Å². The maximum absolute atomic E-state index is 13.0. The second-order valence-electron chi connectivity index (χ2n) is 6.70. The van der Waals surface area contributed by atoms with Crippen LogP contribution < -0.4 is 0 Å². The van der Waals surface area contributed by atoms with Gasteiger partial charge in [-0.3, -0.25) is 4.79 Å². The van der Waals surface area contributed by atoms with Crippen LogP contribution >= 0.6 is 0 Å². The van der Waals surface area contributed by atoms with E-state index < -0.39 is 18.1 Å². The highest BCUT2D eigenvalue weighted by Gasteiger charge is 2.36. The van der Waals surface area contributed by atoms with E-state index in [1.165, 1.54) is 4.90 Å². The van der Waals surface area contributed by atoms with Crippen LogP contribution in [0.2, 0.25) is 0 Å². The van der Waals surface area contributed by atoms with Crippen molar-refractivity contribution in [3.05, 3.63) is 71.8 Å². The summed E-state index contributed by atoms with van der Waals surface area (Å²) in [5.41, 5.74) is 2.05. The molecule has 0 aromatic heterocycles. The fraction of sp³-hybridized carbons (Fsp3) is 0.333. The summed E-state index contributed by atoms with van der Waals surface area (Å²) in [5.74, 6) is -1.39. The third-order valence-corrected chi connectivity index (χ3v) is 4.96. The van der Waals surface area contributed by atoms with Crippen LogP contribution in [0.3, 0.4) is 0 Å². The third-order valence-electron chi connectivity index (χ3n) is 4.96. The summed E-state index contributed by atoms with van der Waals surface area (Å²) < 4.78 is 0. The molecule has 136 valence electrons. The van der Waals surface area contributed by atoms with Crippen molar-refractivity contribution in [1.29, 1.82) is 0 Å². The van der Waals surface area contributed by atoms with Crippen molar-refractivity contribution in [3.8, 4) is 0 Å². The van der Waals surface area contributed by atoms with Crippen LogP contribution in [0.5, 0.6) is 0 Å². The number of amides is 1. The summed E-state index contributed by atoms with van der Waals surface area (Å²) in [6.45, 7) is 0.271. The second kappa shape index (κ2) is 8.15. The Morgan fingerprint density at radius 3 is 2.04 bits per heavy atom. The minimum absolute atomic E-state index is 0.0857. The monoisotopic (exact) mass is 353 g/mol. The Bertz CT molecular complexity index is 708. The van der Waals surface area contributed by atoms with Gasteiger partial charge < -0.3 is 15.1 Å². The molecule has 1 amide bonds. The number of hydrogen-bond donors (Lipinski definition) is 2. The van der Waals surface area contributed by atoms with Crippen LogP contribution in [0.15, 0.2) is 60.7 Å². The van der Waals surface area contributed by atoms with Gasteiger partial charge in [-0.1, -0.05) is 60.7 Å². The van der Waals surface area contributed by atoms with Gasteiger partial charge >= 0.3 is 5.97 Å². The number of carbonyl (C=O) groups is 2. The van der Waals surface area contributed by atoms with E-state index in [1.807, 2.05) is 60.7 Å². The van der Waals surface area contributed by atoms with Gasteiger partial charge in [-0.05, 0) is 17.5 Å². The van der Waals surface area contributed by atoms with Gasteiger partial charge in [0, 0.05) is 25.3 Å². The average molecular weight is 353 g/mol. The summed E-state index contributed by atoms with van der Waals surface area (Å²) in [6, 6.07) is 18.6. The molecule has 1 fully saturated rings. The lowest BCUT2D eigenvalue weighted by Gasteiger charge is -2.36. The van der Waals surface area contributed by atoms with Gasteiger partial charge in [-0.2, -0.15) is 0 Å². The highest BCUT2D eigenvalue weighted by atomic mass is 16.4. The summed E-state index contributed by atoms with van der Waals surface area (Å²) in [6.07, 6.45) is 0.0342. The molecule has 5 heteroatoms. The number of carboxylic acid groups (broad SMARTS) is 1. The number of aliphatic carboxylic acids is 1. The minimum Gasteiger partial charge on any atom is -0.480 e. The van der Waals surface area contributed by atoms with Crippen molar-refractivity contribution < 1.29 is 19.8 Å². The predicted molar refractivity (Wildman–Crippen MR) is 97.7 cm³/mol. The zero-order valence-corrected chi connectivity index (χ0v) is 14.5. The molecule has 26 heavy (non-hydrogen) atoms. The fourth-order valence-electron chi connectivity index (χ4n) is 3.57. The molecule has 1 aliphatic rings. The molecule has 3 rings (SSSR count). The van der Waals surface area contributed by atoms with Crippen LogP contribution in [0, 0.1) is 0 Å². The molecule has 0 bridgehead atoms. The highest BCUT2D eigenvalue weighted by molar-refractivity contribution is 5.84.